The van der Waals surface area contributed by atoms with Crippen LogP contribution in [0.1, 0.15) is 25.7 Å². The molecule has 1 unspecified atom stereocenters. The molecule has 1 amide bonds. The number of unbranched alkanes of at least 4 members (excludes halogenated alkanes) is 1. The van der Waals surface area contributed by atoms with Crippen molar-refractivity contribution in [1.29, 1.82) is 0 Å². The maximum absolute atomic E-state index is 10.6. The minimum absolute atomic E-state index is 0.300. The van der Waals surface area contributed by atoms with E-state index in [1.165, 1.54) is 7.11 Å². The Bertz CT molecular complexity index is 171. The Morgan fingerprint density at radius 2 is 2.36 bits per heavy atom. The van der Waals surface area contributed by atoms with E-state index in [1.54, 1.807) is 6.08 Å². The van der Waals surface area contributed by atoms with Crippen LogP contribution in [0.3, 0.4) is 0 Å². The van der Waals surface area contributed by atoms with Crippen LogP contribution >= 0.6 is 0 Å². The molecule has 14 heavy (non-hydrogen) atoms. The summed E-state index contributed by atoms with van der Waals surface area (Å²) in [6.07, 6.45) is 4.11. The summed E-state index contributed by atoms with van der Waals surface area (Å²) in [6.45, 7) is 4.14. The average molecular weight is 201 g/mol. The fraction of sp³-hybridized carbons (Fsp3) is 0.700. The lowest BCUT2D eigenvalue weighted by Gasteiger charge is -2.07. The summed E-state index contributed by atoms with van der Waals surface area (Å²) in [5.74, 6) is 0. The minimum atomic E-state index is -0.406. The van der Waals surface area contributed by atoms with Gasteiger partial charge in [0.25, 0.3) is 0 Å². The first-order valence-electron chi connectivity index (χ1n) is 4.81. The zero-order valence-electron chi connectivity index (χ0n) is 8.66. The molecular formula is C10H19NO3. The van der Waals surface area contributed by atoms with Gasteiger partial charge in [0, 0.05) is 6.54 Å². The van der Waals surface area contributed by atoms with E-state index in [4.69, 9.17) is 0 Å². The van der Waals surface area contributed by atoms with Crippen LogP contribution in [0.5, 0.6) is 0 Å². The van der Waals surface area contributed by atoms with Crippen molar-refractivity contribution in [3.05, 3.63) is 12.7 Å². The number of hydrogen-bond acceptors (Lipinski definition) is 3. The van der Waals surface area contributed by atoms with Gasteiger partial charge in [0.15, 0.2) is 0 Å². The third-order valence-electron chi connectivity index (χ3n) is 1.86. The van der Waals surface area contributed by atoms with Crippen molar-refractivity contribution in [2.75, 3.05) is 13.7 Å². The van der Waals surface area contributed by atoms with Gasteiger partial charge in [0.05, 0.1) is 13.2 Å². The van der Waals surface area contributed by atoms with Gasteiger partial charge in [0.1, 0.15) is 0 Å². The number of methoxy groups -OCH3 is 1. The molecule has 0 saturated heterocycles. The third-order valence-corrected chi connectivity index (χ3v) is 1.86. The number of amides is 1. The van der Waals surface area contributed by atoms with Gasteiger partial charge in [-0.25, -0.2) is 4.79 Å². The van der Waals surface area contributed by atoms with Crippen LogP contribution in [0.25, 0.3) is 0 Å². The van der Waals surface area contributed by atoms with Crippen molar-refractivity contribution < 1.29 is 14.6 Å². The molecule has 0 aliphatic heterocycles. The summed E-state index contributed by atoms with van der Waals surface area (Å²) in [6, 6.07) is 0. The van der Waals surface area contributed by atoms with Gasteiger partial charge in [-0.05, 0) is 25.7 Å². The van der Waals surface area contributed by atoms with Crippen molar-refractivity contribution in [3.8, 4) is 0 Å². The first-order chi connectivity index (χ1) is 6.70. The van der Waals surface area contributed by atoms with Crippen LogP contribution in [0.4, 0.5) is 4.79 Å². The van der Waals surface area contributed by atoms with Gasteiger partial charge in [-0.2, -0.15) is 0 Å². The molecule has 1 atom stereocenters. The maximum atomic E-state index is 10.6. The molecule has 0 saturated carbocycles. The molecule has 82 valence electrons. The highest BCUT2D eigenvalue weighted by Crippen LogP contribution is 2.03. The predicted octanol–water partition coefficient (Wildman–Crippen LogP) is 1.45. The number of carbonyl (C=O) groups is 1. The van der Waals surface area contributed by atoms with E-state index in [0.29, 0.717) is 13.0 Å². The Kier molecular flexibility index (Phi) is 7.93. The number of hydrogen-bond donors (Lipinski definition) is 2. The van der Waals surface area contributed by atoms with Crippen LogP contribution in [0.2, 0.25) is 0 Å². The Labute approximate surface area is 85.0 Å². The summed E-state index contributed by atoms with van der Waals surface area (Å²) in [4.78, 5) is 10.6. The number of aliphatic hydroxyl groups is 1. The van der Waals surface area contributed by atoms with Gasteiger partial charge in [0.2, 0.25) is 0 Å². The van der Waals surface area contributed by atoms with Gasteiger partial charge in [-0.1, -0.05) is 6.08 Å². The Balaban J connectivity index is 3.20. The fourth-order valence-corrected chi connectivity index (χ4v) is 1.08. The quantitative estimate of drug-likeness (QED) is 0.484. The molecule has 0 aromatic heterocycles. The van der Waals surface area contributed by atoms with Crippen molar-refractivity contribution >= 4 is 6.09 Å². The van der Waals surface area contributed by atoms with E-state index in [2.05, 4.69) is 16.6 Å². The standard InChI is InChI=1S/C10H19NO3/c1-3-6-9(12)7-4-5-8-11-10(13)14-2/h3,9,12H,1,4-8H2,2H3,(H,11,13). The Morgan fingerprint density at radius 1 is 1.64 bits per heavy atom. The second-order valence-corrected chi connectivity index (χ2v) is 3.09. The highest BCUT2D eigenvalue weighted by atomic mass is 16.5. The maximum Gasteiger partial charge on any atom is 0.406 e. The molecule has 0 aliphatic rings. The molecular weight excluding hydrogens is 182 g/mol. The largest absolute Gasteiger partial charge is 0.453 e. The second-order valence-electron chi connectivity index (χ2n) is 3.09. The predicted molar refractivity (Wildman–Crippen MR) is 55.1 cm³/mol. The van der Waals surface area contributed by atoms with Gasteiger partial charge in [-0.3, -0.25) is 0 Å². The van der Waals surface area contributed by atoms with Crippen LogP contribution < -0.4 is 5.32 Å². The number of carbonyl (C=O) groups excluding carboxylic acids is 1. The van der Waals surface area contributed by atoms with Crippen molar-refractivity contribution in [2.24, 2.45) is 0 Å². The summed E-state index contributed by atoms with van der Waals surface area (Å²) < 4.78 is 4.40. The zero-order chi connectivity index (χ0) is 10.8. The molecule has 0 fully saturated rings. The van der Waals surface area contributed by atoms with Crippen molar-refractivity contribution in [3.63, 3.8) is 0 Å². The molecule has 0 aliphatic carbocycles. The number of aliphatic hydroxyl groups excluding tert-OH is 1. The number of alkyl carbamates (subject to hydrolysis) is 1. The molecule has 0 radical (unpaired) electrons. The van der Waals surface area contributed by atoms with Gasteiger partial charge in [-0.15, -0.1) is 6.58 Å². The molecule has 0 bridgehead atoms. The van der Waals surface area contributed by atoms with Crippen LogP contribution in [0.15, 0.2) is 12.7 Å². The summed E-state index contributed by atoms with van der Waals surface area (Å²) in [5, 5.41) is 11.9. The number of rotatable bonds is 7. The Hall–Kier alpha value is -1.03. The lowest BCUT2D eigenvalue weighted by atomic mass is 10.1. The highest BCUT2D eigenvalue weighted by Gasteiger charge is 2.01. The molecule has 4 heteroatoms. The van der Waals surface area contributed by atoms with Crippen LogP contribution in [-0.4, -0.2) is 31.0 Å². The average Bonchev–Trinajstić information content (AvgIpc) is 2.17. The SMILES string of the molecule is C=CCC(O)CCCCNC(=O)OC. The van der Waals surface area contributed by atoms with E-state index in [0.717, 1.165) is 19.3 Å². The van der Waals surface area contributed by atoms with Crippen molar-refractivity contribution in [1.82, 2.24) is 5.32 Å². The normalized spacial score (nSPS) is 11.9. The lowest BCUT2D eigenvalue weighted by molar-refractivity contribution is 0.162. The minimum Gasteiger partial charge on any atom is -0.453 e. The van der Waals surface area contributed by atoms with Crippen molar-refractivity contribution in [2.45, 2.75) is 31.8 Å². The monoisotopic (exact) mass is 201 g/mol. The Morgan fingerprint density at radius 3 is 2.93 bits per heavy atom. The molecule has 0 aromatic rings. The first-order valence-corrected chi connectivity index (χ1v) is 4.81. The van der Waals surface area contributed by atoms with E-state index in [1.807, 2.05) is 0 Å². The van der Waals surface area contributed by atoms with Crippen LogP contribution in [0, 0.1) is 0 Å². The van der Waals surface area contributed by atoms with E-state index < -0.39 is 6.09 Å². The smallest absolute Gasteiger partial charge is 0.406 e. The molecule has 0 rings (SSSR count). The molecule has 0 aromatic carbocycles. The highest BCUT2D eigenvalue weighted by molar-refractivity contribution is 5.66. The van der Waals surface area contributed by atoms with Crippen LogP contribution in [-0.2, 0) is 4.74 Å². The second kappa shape index (κ2) is 8.56. The van der Waals surface area contributed by atoms with Gasteiger partial charge < -0.3 is 15.2 Å². The van der Waals surface area contributed by atoms with Gasteiger partial charge >= 0.3 is 6.09 Å². The summed E-state index contributed by atoms with van der Waals surface area (Å²) in [7, 11) is 1.34. The topological polar surface area (TPSA) is 58.6 Å². The molecule has 0 spiro atoms. The third kappa shape index (κ3) is 7.61. The molecule has 2 N–H and O–H groups in total. The zero-order valence-corrected chi connectivity index (χ0v) is 8.66. The summed E-state index contributed by atoms with van der Waals surface area (Å²) in [5.41, 5.74) is 0. The molecule has 4 nitrogen and oxygen atoms in total. The van der Waals surface area contributed by atoms with E-state index >= 15 is 0 Å². The van der Waals surface area contributed by atoms with E-state index in [9.17, 15) is 9.90 Å². The lowest BCUT2D eigenvalue weighted by Crippen LogP contribution is -2.24. The van der Waals surface area contributed by atoms with E-state index in [-0.39, 0.29) is 6.10 Å². The summed E-state index contributed by atoms with van der Waals surface area (Å²) >= 11 is 0. The number of nitrogens with one attached hydrogen (secondary N) is 1. The first kappa shape index (κ1) is 13.0. The fourth-order valence-electron chi connectivity index (χ4n) is 1.08. The number of ether oxygens (including phenoxy) is 1. The molecule has 0 heterocycles.